The molecule has 0 amide bonds. The molecule has 0 bridgehead atoms. The Labute approximate surface area is 85.8 Å². The summed E-state index contributed by atoms with van der Waals surface area (Å²) in [6.07, 6.45) is 5.84. The molecule has 0 aromatic rings. The molecule has 0 unspecified atom stereocenters. The number of hydrogen-bond donors (Lipinski definition) is 1. The van der Waals surface area contributed by atoms with E-state index in [-0.39, 0.29) is 0 Å². The van der Waals surface area contributed by atoms with Gasteiger partial charge in [0, 0.05) is 18.8 Å². The largest absolute Gasteiger partial charge is 0.478 e. The van der Waals surface area contributed by atoms with Gasteiger partial charge in [-0.3, -0.25) is 0 Å². The van der Waals surface area contributed by atoms with Crippen molar-refractivity contribution in [1.29, 1.82) is 0 Å². The molecule has 0 rings (SSSR count). The molecule has 1 N–H and O–H groups in total. The van der Waals surface area contributed by atoms with Crippen LogP contribution in [0.15, 0.2) is 11.6 Å². The van der Waals surface area contributed by atoms with E-state index in [2.05, 4.69) is 0 Å². The number of hydrogen-bond acceptors (Lipinski definition) is 2. The lowest BCUT2D eigenvalue weighted by Crippen LogP contribution is -1.96. The SMILES string of the molecule is CCOCCCCCC=C(C)C(=O)O. The van der Waals surface area contributed by atoms with Crippen LogP contribution in [-0.2, 0) is 9.53 Å². The number of aliphatic carboxylic acids is 1. The normalized spacial score (nSPS) is 11.7. The van der Waals surface area contributed by atoms with Crippen molar-refractivity contribution in [2.75, 3.05) is 13.2 Å². The topological polar surface area (TPSA) is 46.5 Å². The van der Waals surface area contributed by atoms with Gasteiger partial charge in [0.15, 0.2) is 0 Å². The monoisotopic (exact) mass is 200 g/mol. The van der Waals surface area contributed by atoms with Crippen molar-refractivity contribution < 1.29 is 14.6 Å². The van der Waals surface area contributed by atoms with E-state index in [0.29, 0.717) is 5.57 Å². The maximum Gasteiger partial charge on any atom is 0.330 e. The van der Waals surface area contributed by atoms with Gasteiger partial charge in [0.2, 0.25) is 0 Å². The number of carboxylic acid groups (broad SMARTS) is 1. The van der Waals surface area contributed by atoms with Gasteiger partial charge >= 0.3 is 5.97 Å². The zero-order chi connectivity index (χ0) is 10.8. The molecule has 0 aromatic carbocycles. The molecule has 0 heterocycles. The van der Waals surface area contributed by atoms with E-state index in [0.717, 1.165) is 38.9 Å². The van der Waals surface area contributed by atoms with E-state index in [1.807, 2.05) is 6.92 Å². The second kappa shape index (κ2) is 8.75. The van der Waals surface area contributed by atoms with Crippen LogP contribution in [-0.4, -0.2) is 24.3 Å². The Kier molecular flexibility index (Phi) is 8.24. The van der Waals surface area contributed by atoms with Crippen LogP contribution in [0.5, 0.6) is 0 Å². The lowest BCUT2D eigenvalue weighted by molar-refractivity contribution is -0.132. The lowest BCUT2D eigenvalue weighted by Gasteiger charge is -1.99. The van der Waals surface area contributed by atoms with Gasteiger partial charge in [0.25, 0.3) is 0 Å². The highest BCUT2D eigenvalue weighted by Crippen LogP contribution is 2.04. The van der Waals surface area contributed by atoms with Crippen molar-refractivity contribution in [1.82, 2.24) is 0 Å². The summed E-state index contributed by atoms with van der Waals surface area (Å²) in [5, 5.41) is 8.57. The Morgan fingerprint density at radius 1 is 1.36 bits per heavy atom. The van der Waals surface area contributed by atoms with Crippen molar-refractivity contribution in [3.63, 3.8) is 0 Å². The number of ether oxygens (including phenoxy) is 1. The van der Waals surface area contributed by atoms with Crippen molar-refractivity contribution in [2.24, 2.45) is 0 Å². The highest BCUT2D eigenvalue weighted by molar-refractivity contribution is 5.85. The molecule has 0 radical (unpaired) electrons. The molecule has 14 heavy (non-hydrogen) atoms. The minimum atomic E-state index is -0.820. The molecule has 0 saturated carbocycles. The Bertz CT molecular complexity index is 185. The molecule has 0 aliphatic rings. The number of unbranched alkanes of at least 4 members (excludes halogenated alkanes) is 3. The van der Waals surface area contributed by atoms with Gasteiger partial charge in [0.1, 0.15) is 0 Å². The maximum atomic E-state index is 10.4. The van der Waals surface area contributed by atoms with Crippen LogP contribution in [0.3, 0.4) is 0 Å². The summed E-state index contributed by atoms with van der Waals surface area (Å²) in [6.45, 7) is 5.21. The predicted octanol–water partition coefficient (Wildman–Crippen LogP) is 2.61. The zero-order valence-corrected chi connectivity index (χ0v) is 9.08. The zero-order valence-electron chi connectivity index (χ0n) is 9.08. The predicted molar refractivity (Wildman–Crippen MR) is 56.4 cm³/mol. The van der Waals surface area contributed by atoms with Crippen LogP contribution in [0.4, 0.5) is 0 Å². The van der Waals surface area contributed by atoms with Crippen molar-refractivity contribution >= 4 is 5.97 Å². The first-order valence-electron chi connectivity index (χ1n) is 5.16. The minimum absolute atomic E-state index is 0.440. The lowest BCUT2D eigenvalue weighted by atomic mass is 10.1. The van der Waals surface area contributed by atoms with Crippen LogP contribution in [0.25, 0.3) is 0 Å². The summed E-state index contributed by atoms with van der Waals surface area (Å²) in [6, 6.07) is 0. The average molecular weight is 200 g/mol. The molecule has 0 saturated heterocycles. The van der Waals surface area contributed by atoms with Crippen LogP contribution in [0, 0.1) is 0 Å². The highest BCUT2D eigenvalue weighted by atomic mass is 16.5. The molecule has 82 valence electrons. The Hall–Kier alpha value is -0.830. The third kappa shape index (κ3) is 7.80. The summed E-state index contributed by atoms with van der Waals surface area (Å²) >= 11 is 0. The molecule has 0 aliphatic heterocycles. The fourth-order valence-electron chi connectivity index (χ4n) is 1.08. The third-order valence-electron chi connectivity index (χ3n) is 1.98. The Morgan fingerprint density at radius 2 is 2.07 bits per heavy atom. The van der Waals surface area contributed by atoms with E-state index in [4.69, 9.17) is 9.84 Å². The van der Waals surface area contributed by atoms with Crippen molar-refractivity contribution in [3.05, 3.63) is 11.6 Å². The molecule has 3 nitrogen and oxygen atoms in total. The first kappa shape index (κ1) is 13.2. The molecular formula is C11H20O3. The van der Waals surface area contributed by atoms with E-state index >= 15 is 0 Å². The molecule has 0 atom stereocenters. The second-order valence-electron chi connectivity index (χ2n) is 3.24. The molecule has 0 spiro atoms. The van der Waals surface area contributed by atoms with Gasteiger partial charge in [-0.05, 0) is 33.1 Å². The number of carboxylic acids is 1. The third-order valence-corrected chi connectivity index (χ3v) is 1.98. The molecular weight excluding hydrogens is 180 g/mol. The number of carbonyl (C=O) groups is 1. The van der Waals surface area contributed by atoms with Crippen LogP contribution in [0.1, 0.15) is 39.5 Å². The summed E-state index contributed by atoms with van der Waals surface area (Å²) in [5.41, 5.74) is 0.440. The standard InChI is InChI=1S/C11H20O3/c1-3-14-9-7-5-4-6-8-10(2)11(12)13/h8H,3-7,9H2,1-2H3,(H,12,13). The summed E-state index contributed by atoms with van der Waals surface area (Å²) in [5.74, 6) is -0.820. The van der Waals surface area contributed by atoms with Crippen LogP contribution >= 0.6 is 0 Å². The van der Waals surface area contributed by atoms with E-state index in [9.17, 15) is 4.79 Å². The van der Waals surface area contributed by atoms with Crippen molar-refractivity contribution in [2.45, 2.75) is 39.5 Å². The van der Waals surface area contributed by atoms with Gasteiger partial charge in [-0.15, -0.1) is 0 Å². The van der Waals surface area contributed by atoms with Crippen LogP contribution in [0.2, 0.25) is 0 Å². The smallest absolute Gasteiger partial charge is 0.330 e. The van der Waals surface area contributed by atoms with E-state index in [1.54, 1.807) is 13.0 Å². The van der Waals surface area contributed by atoms with E-state index < -0.39 is 5.97 Å². The highest BCUT2D eigenvalue weighted by Gasteiger charge is 1.97. The molecule has 3 heteroatoms. The summed E-state index contributed by atoms with van der Waals surface area (Å²) in [7, 11) is 0. The first-order chi connectivity index (χ1) is 6.68. The van der Waals surface area contributed by atoms with Gasteiger partial charge in [-0.25, -0.2) is 4.79 Å². The molecule has 0 fully saturated rings. The number of rotatable bonds is 8. The Balaban J connectivity index is 3.29. The quantitative estimate of drug-likeness (QED) is 0.484. The molecule has 0 aromatic heterocycles. The maximum absolute atomic E-state index is 10.4. The van der Waals surface area contributed by atoms with Gasteiger partial charge < -0.3 is 9.84 Å². The first-order valence-corrected chi connectivity index (χ1v) is 5.16. The van der Waals surface area contributed by atoms with Gasteiger partial charge in [-0.2, -0.15) is 0 Å². The van der Waals surface area contributed by atoms with Crippen LogP contribution < -0.4 is 0 Å². The minimum Gasteiger partial charge on any atom is -0.478 e. The average Bonchev–Trinajstić information content (AvgIpc) is 2.16. The van der Waals surface area contributed by atoms with E-state index in [1.165, 1.54) is 0 Å². The number of allylic oxidation sites excluding steroid dienone is 1. The second-order valence-corrected chi connectivity index (χ2v) is 3.24. The summed E-state index contributed by atoms with van der Waals surface area (Å²) in [4.78, 5) is 10.4. The van der Waals surface area contributed by atoms with Gasteiger partial charge in [-0.1, -0.05) is 12.5 Å². The van der Waals surface area contributed by atoms with Crippen molar-refractivity contribution in [3.8, 4) is 0 Å². The Morgan fingerprint density at radius 3 is 2.64 bits per heavy atom. The summed E-state index contributed by atoms with van der Waals surface area (Å²) < 4.78 is 5.19. The fourth-order valence-corrected chi connectivity index (χ4v) is 1.08. The molecule has 0 aliphatic carbocycles. The fraction of sp³-hybridized carbons (Fsp3) is 0.727. The van der Waals surface area contributed by atoms with Gasteiger partial charge in [0.05, 0.1) is 0 Å².